The van der Waals surface area contributed by atoms with E-state index in [2.05, 4.69) is 20.5 Å². The van der Waals surface area contributed by atoms with Crippen LogP contribution in [-0.2, 0) is 13.5 Å². The fraction of sp³-hybridized carbons (Fsp3) is 0.375. The number of aryl methyl sites for hydroxylation is 1. The van der Waals surface area contributed by atoms with Crippen LogP contribution in [0, 0.1) is 0 Å². The summed E-state index contributed by atoms with van der Waals surface area (Å²) in [5.74, 6) is 0.381. The standard InChI is InChI=1S/C8H12N6O/c1-14-4-5(11-13-14)2-7(15)6-3-10-12-8(6)9/h3-4,7,15H,2H2,1H3,(H3,9,10,12). The fourth-order valence-corrected chi connectivity index (χ4v) is 1.37. The molecule has 2 heterocycles. The molecule has 4 N–H and O–H groups in total. The molecule has 0 fully saturated rings. The Hall–Kier alpha value is -1.89. The molecule has 80 valence electrons. The van der Waals surface area contributed by atoms with Gasteiger partial charge in [-0.1, -0.05) is 5.21 Å². The third-order valence-corrected chi connectivity index (χ3v) is 2.11. The molecule has 7 heteroatoms. The van der Waals surface area contributed by atoms with E-state index in [0.29, 0.717) is 23.5 Å². The van der Waals surface area contributed by atoms with Gasteiger partial charge in [-0.25, -0.2) is 0 Å². The van der Waals surface area contributed by atoms with Crippen LogP contribution in [0.1, 0.15) is 17.4 Å². The first-order valence-corrected chi connectivity index (χ1v) is 4.49. The summed E-state index contributed by atoms with van der Waals surface area (Å²) >= 11 is 0. The summed E-state index contributed by atoms with van der Waals surface area (Å²) in [6.45, 7) is 0. The van der Waals surface area contributed by atoms with E-state index in [-0.39, 0.29) is 0 Å². The summed E-state index contributed by atoms with van der Waals surface area (Å²) in [6, 6.07) is 0. The van der Waals surface area contributed by atoms with Crippen molar-refractivity contribution in [1.82, 2.24) is 25.2 Å². The van der Waals surface area contributed by atoms with Gasteiger partial charge in [0.05, 0.1) is 18.0 Å². The molecule has 0 aliphatic rings. The van der Waals surface area contributed by atoms with Gasteiger partial charge in [-0.05, 0) is 0 Å². The number of aromatic amines is 1. The molecule has 0 aliphatic heterocycles. The lowest BCUT2D eigenvalue weighted by molar-refractivity contribution is 0.178. The van der Waals surface area contributed by atoms with Gasteiger partial charge in [0.2, 0.25) is 0 Å². The van der Waals surface area contributed by atoms with Gasteiger partial charge in [0.25, 0.3) is 0 Å². The average Bonchev–Trinajstić information content (AvgIpc) is 2.75. The highest BCUT2D eigenvalue weighted by molar-refractivity contribution is 5.38. The van der Waals surface area contributed by atoms with Crippen molar-refractivity contribution in [2.24, 2.45) is 7.05 Å². The Morgan fingerprint density at radius 1 is 1.67 bits per heavy atom. The molecule has 0 bridgehead atoms. The van der Waals surface area contributed by atoms with Crippen molar-refractivity contribution in [2.75, 3.05) is 5.73 Å². The van der Waals surface area contributed by atoms with E-state index in [1.165, 1.54) is 6.20 Å². The zero-order valence-electron chi connectivity index (χ0n) is 8.25. The number of aromatic nitrogens is 5. The molecule has 0 radical (unpaired) electrons. The topological polar surface area (TPSA) is 106 Å². The maximum Gasteiger partial charge on any atom is 0.124 e. The second kappa shape index (κ2) is 3.70. The summed E-state index contributed by atoms with van der Waals surface area (Å²) in [4.78, 5) is 0. The maximum atomic E-state index is 9.84. The Bertz CT molecular complexity index is 447. The van der Waals surface area contributed by atoms with Crippen molar-refractivity contribution in [2.45, 2.75) is 12.5 Å². The van der Waals surface area contributed by atoms with Crippen molar-refractivity contribution >= 4 is 5.82 Å². The number of nitrogens with one attached hydrogen (secondary N) is 1. The van der Waals surface area contributed by atoms with Crippen LogP contribution in [-0.4, -0.2) is 30.3 Å². The zero-order valence-corrected chi connectivity index (χ0v) is 8.25. The van der Waals surface area contributed by atoms with E-state index in [4.69, 9.17) is 5.73 Å². The Morgan fingerprint density at radius 2 is 2.47 bits per heavy atom. The quantitative estimate of drug-likeness (QED) is 0.624. The minimum atomic E-state index is -0.708. The molecule has 1 unspecified atom stereocenters. The monoisotopic (exact) mass is 208 g/mol. The molecule has 0 amide bonds. The highest BCUT2D eigenvalue weighted by Crippen LogP contribution is 2.20. The van der Waals surface area contributed by atoms with Crippen molar-refractivity contribution in [3.05, 3.63) is 23.7 Å². The number of hydrogen-bond donors (Lipinski definition) is 3. The second-order valence-electron chi connectivity index (χ2n) is 3.34. The smallest absolute Gasteiger partial charge is 0.124 e. The van der Waals surface area contributed by atoms with Crippen LogP contribution in [0.5, 0.6) is 0 Å². The molecule has 0 aromatic carbocycles. The predicted octanol–water partition coefficient (Wildman–Crippen LogP) is -0.604. The van der Waals surface area contributed by atoms with E-state index < -0.39 is 6.10 Å². The van der Waals surface area contributed by atoms with Crippen LogP contribution in [0.3, 0.4) is 0 Å². The number of nitrogens with zero attached hydrogens (tertiary/aromatic N) is 4. The van der Waals surface area contributed by atoms with E-state index in [1.807, 2.05) is 0 Å². The molecular formula is C8H12N6O. The number of H-pyrrole nitrogens is 1. The number of aliphatic hydroxyl groups excluding tert-OH is 1. The zero-order chi connectivity index (χ0) is 10.8. The van der Waals surface area contributed by atoms with Crippen LogP contribution >= 0.6 is 0 Å². The number of hydrogen-bond acceptors (Lipinski definition) is 5. The molecule has 0 saturated heterocycles. The van der Waals surface area contributed by atoms with Gasteiger partial charge in [-0.3, -0.25) is 9.78 Å². The Morgan fingerprint density at radius 3 is 3.00 bits per heavy atom. The number of aliphatic hydroxyl groups is 1. The van der Waals surface area contributed by atoms with Gasteiger partial charge >= 0.3 is 0 Å². The first-order valence-electron chi connectivity index (χ1n) is 4.49. The molecule has 0 spiro atoms. The molecule has 7 nitrogen and oxygen atoms in total. The molecule has 2 aromatic heterocycles. The number of rotatable bonds is 3. The summed E-state index contributed by atoms with van der Waals surface area (Å²) in [5.41, 5.74) is 6.88. The summed E-state index contributed by atoms with van der Waals surface area (Å²) in [7, 11) is 1.77. The molecule has 2 aromatic rings. The number of anilines is 1. The molecule has 2 rings (SSSR count). The summed E-state index contributed by atoms with van der Waals surface area (Å²) < 4.78 is 1.58. The largest absolute Gasteiger partial charge is 0.388 e. The lowest BCUT2D eigenvalue weighted by Gasteiger charge is -2.06. The lowest BCUT2D eigenvalue weighted by Crippen LogP contribution is -2.04. The van der Waals surface area contributed by atoms with Crippen LogP contribution in [0.4, 0.5) is 5.82 Å². The highest BCUT2D eigenvalue weighted by Gasteiger charge is 2.14. The average molecular weight is 208 g/mol. The van der Waals surface area contributed by atoms with Crippen LogP contribution in [0.15, 0.2) is 12.4 Å². The highest BCUT2D eigenvalue weighted by atomic mass is 16.3. The van der Waals surface area contributed by atoms with Gasteiger partial charge in [0.15, 0.2) is 0 Å². The first kappa shape index (κ1) is 9.66. The minimum Gasteiger partial charge on any atom is -0.388 e. The summed E-state index contributed by atoms with van der Waals surface area (Å²) in [6.07, 6.45) is 2.92. The van der Waals surface area contributed by atoms with Gasteiger partial charge in [-0.2, -0.15) is 5.10 Å². The Labute approximate surface area is 85.9 Å². The van der Waals surface area contributed by atoms with E-state index in [9.17, 15) is 5.11 Å². The Balaban J connectivity index is 2.10. The van der Waals surface area contributed by atoms with Crippen LogP contribution in [0.2, 0.25) is 0 Å². The van der Waals surface area contributed by atoms with Gasteiger partial charge in [0.1, 0.15) is 5.82 Å². The van der Waals surface area contributed by atoms with E-state index in [0.717, 1.165) is 0 Å². The van der Waals surface area contributed by atoms with Gasteiger partial charge < -0.3 is 10.8 Å². The van der Waals surface area contributed by atoms with Gasteiger partial charge in [0, 0.05) is 25.2 Å². The molecular weight excluding hydrogens is 196 g/mol. The molecule has 0 saturated carbocycles. The van der Waals surface area contributed by atoms with Gasteiger partial charge in [-0.15, -0.1) is 5.10 Å². The van der Waals surface area contributed by atoms with E-state index >= 15 is 0 Å². The van der Waals surface area contributed by atoms with Crippen molar-refractivity contribution in [1.29, 1.82) is 0 Å². The molecule has 15 heavy (non-hydrogen) atoms. The third-order valence-electron chi connectivity index (χ3n) is 2.11. The first-order chi connectivity index (χ1) is 7.16. The van der Waals surface area contributed by atoms with E-state index in [1.54, 1.807) is 17.9 Å². The lowest BCUT2D eigenvalue weighted by atomic mass is 10.1. The normalized spacial score (nSPS) is 12.9. The van der Waals surface area contributed by atoms with Crippen molar-refractivity contribution in [3.8, 4) is 0 Å². The number of nitrogens with two attached hydrogens (primary N) is 1. The summed E-state index contributed by atoms with van der Waals surface area (Å²) in [5, 5.41) is 23.8. The maximum absolute atomic E-state index is 9.84. The SMILES string of the molecule is Cn1cc(CC(O)c2cn[nH]c2N)nn1. The minimum absolute atomic E-state index is 0.373. The number of nitrogen functional groups attached to an aromatic ring is 1. The molecule has 1 atom stereocenters. The van der Waals surface area contributed by atoms with Crippen molar-refractivity contribution < 1.29 is 5.11 Å². The fourth-order valence-electron chi connectivity index (χ4n) is 1.37. The van der Waals surface area contributed by atoms with Crippen LogP contribution < -0.4 is 5.73 Å². The Kier molecular flexibility index (Phi) is 2.38. The third kappa shape index (κ3) is 1.96. The predicted molar refractivity (Wildman–Crippen MR) is 52.7 cm³/mol. The van der Waals surface area contributed by atoms with Crippen molar-refractivity contribution in [3.63, 3.8) is 0 Å². The second-order valence-corrected chi connectivity index (χ2v) is 3.34. The van der Waals surface area contributed by atoms with Crippen LogP contribution in [0.25, 0.3) is 0 Å². The molecule has 0 aliphatic carbocycles.